The standard InChI is InChI=1S/C11H11IN2O/c1-8-2-3-10(9(6-8)7-12)14-5-4-13-11(14)15/h2-6H,7H2,1H3,(H,13,15). The molecule has 0 bridgehead atoms. The summed E-state index contributed by atoms with van der Waals surface area (Å²) in [5.41, 5.74) is 3.26. The number of benzene rings is 1. The van der Waals surface area contributed by atoms with Gasteiger partial charge in [-0.1, -0.05) is 40.3 Å². The number of nitrogens with zero attached hydrogens (tertiary/aromatic N) is 1. The minimum atomic E-state index is -0.0926. The highest BCUT2D eigenvalue weighted by atomic mass is 127. The van der Waals surface area contributed by atoms with Crippen molar-refractivity contribution in [2.24, 2.45) is 0 Å². The van der Waals surface area contributed by atoms with Gasteiger partial charge in [0.1, 0.15) is 0 Å². The summed E-state index contributed by atoms with van der Waals surface area (Å²) in [6.07, 6.45) is 3.40. The van der Waals surface area contributed by atoms with Crippen LogP contribution in [0.2, 0.25) is 0 Å². The van der Waals surface area contributed by atoms with Crippen molar-refractivity contribution in [2.75, 3.05) is 0 Å². The fraction of sp³-hybridized carbons (Fsp3) is 0.182. The number of alkyl halides is 1. The summed E-state index contributed by atoms with van der Waals surface area (Å²) in [5, 5.41) is 0. The molecule has 0 aliphatic carbocycles. The van der Waals surface area contributed by atoms with Gasteiger partial charge in [-0.2, -0.15) is 0 Å². The van der Waals surface area contributed by atoms with Crippen LogP contribution in [0.4, 0.5) is 0 Å². The van der Waals surface area contributed by atoms with Crippen molar-refractivity contribution in [3.63, 3.8) is 0 Å². The smallest absolute Gasteiger partial charge is 0.312 e. The highest BCUT2D eigenvalue weighted by Crippen LogP contribution is 2.17. The van der Waals surface area contributed by atoms with E-state index in [0.717, 1.165) is 10.1 Å². The zero-order valence-electron chi connectivity index (χ0n) is 8.33. The molecule has 0 unspecified atom stereocenters. The first-order valence-electron chi connectivity index (χ1n) is 4.64. The normalized spacial score (nSPS) is 10.5. The maximum absolute atomic E-state index is 11.5. The molecule has 2 rings (SSSR count). The predicted molar refractivity (Wildman–Crippen MR) is 68.9 cm³/mol. The van der Waals surface area contributed by atoms with Gasteiger partial charge in [0, 0.05) is 16.8 Å². The number of H-pyrrole nitrogens is 1. The summed E-state index contributed by atoms with van der Waals surface area (Å²) < 4.78 is 2.53. The van der Waals surface area contributed by atoms with Crippen molar-refractivity contribution in [3.05, 3.63) is 52.2 Å². The van der Waals surface area contributed by atoms with Gasteiger partial charge in [0.05, 0.1) is 5.69 Å². The Bertz CT molecular complexity index is 527. The van der Waals surface area contributed by atoms with E-state index in [-0.39, 0.29) is 5.69 Å². The summed E-state index contributed by atoms with van der Waals surface area (Å²) in [6.45, 7) is 2.06. The fourth-order valence-corrected chi connectivity index (χ4v) is 2.18. The number of halogens is 1. The van der Waals surface area contributed by atoms with E-state index in [2.05, 4.69) is 40.6 Å². The Kier molecular flexibility index (Phi) is 2.95. The first-order valence-corrected chi connectivity index (χ1v) is 6.17. The largest absolute Gasteiger partial charge is 0.330 e. The molecule has 1 aromatic carbocycles. The molecule has 2 aromatic rings. The molecule has 1 aromatic heterocycles. The molecule has 0 saturated heterocycles. The molecule has 0 amide bonds. The Labute approximate surface area is 101 Å². The second-order valence-corrected chi connectivity index (χ2v) is 4.16. The molecule has 0 atom stereocenters. The molecule has 0 aliphatic rings. The third kappa shape index (κ3) is 1.99. The number of rotatable bonds is 2. The number of hydrogen-bond donors (Lipinski definition) is 1. The van der Waals surface area contributed by atoms with Gasteiger partial charge in [0.15, 0.2) is 0 Å². The van der Waals surface area contributed by atoms with E-state index in [1.165, 1.54) is 11.1 Å². The second-order valence-electron chi connectivity index (χ2n) is 3.40. The van der Waals surface area contributed by atoms with Crippen LogP contribution in [-0.4, -0.2) is 9.55 Å². The average Bonchev–Trinajstić information content (AvgIpc) is 2.64. The lowest BCUT2D eigenvalue weighted by atomic mass is 10.1. The minimum absolute atomic E-state index is 0.0926. The fourth-order valence-electron chi connectivity index (χ4n) is 1.57. The van der Waals surface area contributed by atoms with E-state index in [1.54, 1.807) is 17.0 Å². The van der Waals surface area contributed by atoms with Crippen LogP contribution >= 0.6 is 22.6 Å². The molecule has 0 aliphatic heterocycles. The molecule has 1 N–H and O–H groups in total. The van der Waals surface area contributed by atoms with E-state index >= 15 is 0 Å². The van der Waals surface area contributed by atoms with Gasteiger partial charge in [-0.3, -0.25) is 4.57 Å². The van der Waals surface area contributed by atoms with Gasteiger partial charge in [-0.15, -0.1) is 0 Å². The maximum Gasteiger partial charge on any atom is 0.330 e. The van der Waals surface area contributed by atoms with E-state index in [1.807, 2.05) is 12.1 Å². The first kappa shape index (κ1) is 10.5. The van der Waals surface area contributed by atoms with Crippen molar-refractivity contribution < 1.29 is 0 Å². The van der Waals surface area contributed by atoms with E-state index in [4.69, 9.17) is 0 Å². The lowest BCUT2D eigenvalue weighted by Crippen LogP contribution is -2.15. The lowest BCUT2D eigenvalue weighted by molar-refractivity contribution is 0.973. The van der Waals surface area contributed by atoms with Gasteiger partial charge in [0.25, 0.3) is 0 Å². The number of imidazole rings is 1. The van der Waals surface area contributed by atoms with Crippen LogP contribution in [0.1, 0.15) is 11.1 Å². The Balaban J connectivity index is 2.63. The zero-order valence-corrected chi connectivity index (χ0v) is 10.5. The SMILES string of the molecule is Cc1ccc(-n2cc[nH]c2=O)c(CI)c1. The average molecular weight is 314 g/mol. The van der Waals surface area contributed by atoms with Gasteiger partial charge < -0.3 is 4.98 Å². The van der Waals surface area contributed by atoms with Crippen LogP contribution in [-0.2, 0) is 4.43 Å². The number of aryl methyl sites for hydroxylation is 1. The summed E-state index contributed by atoms with van der Waals surface area (Å²) >= 11 is 2.31. The number of nitrogens with one attached hydrogen (secondary N) is 1. The molecule has 15 heavy (non-hydrogen) atoms. The number of hydrogen-bond acceptors (Lipinski definition) is 1. The van der Waals surface area contributed by atoms with E-state index in [9.17, 15) is 4.79 Å². The second kappa shape index (κ2) is 4.22. The molecular formula is C11H11IN2O. The molecule has 0 radical (unpaired) electrons. The van der Waals surface area contributed by atoms with Crippen LogP contribution in [0.15, 0.2) is 35.4 Å². The van der Waals surface area contributed by atoms with Crippen molar-refractivity contribution >= 4 is 22.6 Å². The highest BCUT2D eigenvalue weighted by Gasteiger charge is 2.05. The van der Waals surface area contributed by atoms with Crippen LogP contribution in [0, 0.1) is 6.92 Å². The van der Waals surface area contributed by atoms with Crippen LogP contribution in [0.25, 0.3) is 5.69 Å². The third-order valence-corrected chi connectivity index (χ3v) is 3.11. The molecule has 78 valence electrons. The zero-order chi connectivity index (χ0) is 10.8. The minimum Gasteiger partial charge on any atom is -0.312 e. The summed E-state index contributed by atoms with van der Waals surface area (Å²) in [6, 6.07) is 6.12. The van der Waals surface area contributed by atoms with Gasteiger partial charge in [0.2, 0.25) is 0 Å². The number of aromatic nitrogens is 2. The topological polar surface area (TPSA) is 37.8 Å². The predicted octanol–water partition coefficient (Wildman–Crippen LogP) is 2.41. The molecule has 4 heteroatoms. The first-order chi connectivity index (χ1) is 7.22. The molecule has 0 fully saturated rings. The molecule has 1 heterocycles. The van der Waals surface area contributed by atoms with Crippen molar-refractivity contribution in [1.29, 1.82) is 0 Å². The van der Waals surface area contributed by atoms with Crippen molar-refractivity contribution in [2.45, 2.75) is 11.4 Å². The molecular weight excluding hydrogens is 303 g/mol. The van der Waals surface area contributed by atoms with Gasteiger partial charge in [-0.25, -0.2) is 4.79 Å². The monoisotopic (exact) mass is 314 g/mol. The third-order valence-electron chi connectivity index (χ3n) is 2.29. The van der Waals surface area contributed by atoms with Gasteiger partial charge in [-0.05, 0) is 18.6 Å². The van der Waals surface area contributed by atoms with Crippen molar-refractivity contribution in [3.8, 4) is 5.69 Å². The Hall–Kier alpha value is -1.04. The van der Waals surface area contributed by atoms with Crippen LogP contribution < -0.4 is 5.69 Å². The van der Waals surface area contributed by atoms with E-state index in [0.29, 0.717) is 0 Å². The van der Waals surface area contributed by atoms with Crippen molar-refractivity contribution in [1.82, 2.24) is 9.55 Å². The summed E-state index contributed by atoms with van der Waals surface area (Å²) in [5.74, 6) is 0. The maximum atomic E-state index is 11.5. The van der Waals surface area contributed by atoms with Crippen LogP contribution in [0.3, 0.4) is 0 Å². The molecule has 0 spiro atoms. The molecule has 0 saturated carbocycles. The summed E-state index contributed by atoms with van der Waals surface area (Å²) in [7, 11) is 0. The van der Waals surface area contributed by atoms with Crippen LogP contribution in [0.5, 0.6) is 0 Å². The Morgan fingerprint density at radius 2 is 2.27 bits per heavy atom. The summed E-state index contributed by atoms with van der Waals surface area (Å²) in [4.78, 5) is 14.1. The Morgan fingerprint density at radius 1 is 1.47 bits per heavy atom. The quantitative estimate of drug-likeness (QED) is 0.671. The highest BCUT2D eigenvalue weighted by molar-refractivity contribution is 14.1. The Morgan fingerprint density at radius 3 is 2.87 bits per heavy atom. The number of aromatic amines is 1. The van der Waals surface area contributed by atoms with Gasteiger partial charge >= 0.3 is 5.69 Å². The van der Waals surface area contributed by atoms with E-state index < -0.39 is 0 Å². The lowest BCUT2D eigenvalue weighted by Gasteiger charge is -2.07. The molecule has 3 nitrogen and oxygen atoms in total.